The van der Waals surface area contributed by atoms with E-state index in [1.165, 1.54) is 199 Å². The topological polar surface area (TPSA) is 380 Å². The normalized spacial score (nSPS) is 25.0. The van der Waals surface area contributed by atoms with Crippen molar-refractivity contribution < 1.29 is 122 Å². The molecule has 2 saturated heterocycles. The van der Waals surface area contributed by atoms with Crippen LogP contribution in [0.3, 0.4) is 0 Å². The highest BCUT2D eigenvalue weighted by molar-refractivity contribution is 7.47. The Morgan fingerprint density at radius 2 is 0.641 bits per heavy atom. The molecule has 1 aliphatic carbocycles. The first-order valence-electron chi connectivity index (χ1n) is 47.4. The molecule has 0 radical (unpaired) electrons. The van der Waals surface area contributed by atoms with Gasteiger partial charge in [0.15, 0.2) is 24.8 Å². The predicted octanol–water partition coefficient (Wildman–Crippen LogP) is 17.6. The number of allylic oxidation sites excluding steroid dienone is 2. The lowest BCUT2D eigenvalue weighted by Gasteiger charge is -2.50. The summed E-state index contributed by atoms with van der Waals surface area (Å²) in [5.41, 5.74) is 0. The second-order valence-electron chi connectivity index (χ2n) is 33.9. The number of phosphoric ester groups is 1. The fourth-order valence-corrected chi connectivity index (χ4v) is 16.7. The van der Waals surface area contributed by atoms with Gasteiger partial charge in [0.1, 0.15) is 92.6 Å². The van der Waals surface area contributed by atoms with Crippen LogP contribution in [0.1, 0.15) is 413 Å². The van der Waals surface area contributed by atoms with Gasteiger partial charge < -0.3 is 88.7 Å². The van der Waals surface area contributed by atoms with Gasteiger partial charge in [-0.05, 0) is 51.4 Å². The van der Waals surface area contributed by atoms with E-state index in [9.17, 15) is 74.6 Å². The molecule has 25 nitrogen and oxygen atoms in total. The van der Waals surface area contributed by atoms with Crippen molar-refractivity contribution in [2.24, 2.45) is 0 Å². The van der Waals surface area contributed by atoms with Crippen molar-refractivity contribution >= 4 is 31.7 Å². The predicted molar refractivity (Wildman–Crippen MR) is 453 cm³/mol. The Morgan fingerprint density at radius 1 is 0.333 bits per heavy atom. The summed E-state index contributed by atoms with van der Waals surface area (Å²) in [5.74, 6) is -2.97. The maximum atomic E-state index is 14.9. The summed E-state index contributed by atoms with van der Waals surface area (Å²) in [4.78, 5) is 66.4. The Bertz CT molecular complexity index is 2480. The van der Waals surface area contributed by atoms with Crippen LogP contribution in [0.15, 0.2) is 12.2 Å². The van der Waals surface area contributed by atoms with Gasteiger partial charge in [0.05, 0.1) is 13.2 Å². The number of hydrogen-bond acceptors (Lipinski definition) is 24. The maximum absolute atomic E-state index is 14.9. The highest BCUT2D eigenvalue weighted by Crippen LogP contribution is 2.49. The number of aliphatic hydroxyl groups excluding tert-OH is 9. The number of rotatable bonds is 77. The molecular weight excluding hydrogens is 1520 g/mol. The molecule has 2 aliphatic heterocycles. The molecule has 1 saturated carbocycles. The standard InChI is InChI=1S/C91H169O25P/c1-5-9-13-17-21-25-29-33-35-37-41-44-48-52-56-60-64-75(94)108-70-73-79(98)81(100)85(104)91(112-73)115-88-86(113-77(96)66-62-58-54-50-45-40-32-28-24-20-16-12-8-4)82(101)83(102)87(114-90-84(103)80(99)78(97)72(67-92)111-90)89(88)116-117(105,106)109-69-71(68-107-74(93)63-59-55-51-47-43-39-31-27-23-19-15-11-7-3)110-76(95)65-61-57-53-49-46-42-38-36-34-30-26-22-18-14-10-6-2/h40,45,71-73,78-92,97-104H,5-39,41-44,46-70H2,1-4H3,(H,105,106)/b45-40-. The maximum Gasteiger partial charge on any atom is 0.472 e. The Morgan fingerprint density at radius 3 is 1.03 bits per heavy atom. The van der Waals surface area contributed by atoms with Crippen LogP contribution in [0, 0.1) is 0 Å². The third kappa shape index (κ3) is 50.7. The molecule has 0 aromatic rings. The second kappa shape index (κ2) is 70.5. The summed E-state index contributed by atoms with van der Waals surface area (Å²) in [6, 6.07) is 0. The van der Waals surface area contributed by atoms with Gasteiger partial charge in [-0.1, -0.05) is 348 Å². The van der Waals surface area contributed by atoms with Gasteiger partial charge in [-0.3, -0.25) is 28.2 Å². The van der Waals surface area contributed by atoms with Crippen LogP contribution in [0.2, 0.25) is 0 Å². The van der Waals surface area contributed by atoms with Crippen LogP contribution < -0.4 is 0 Å². The van der Waals surface area contributed by atoms with E-state index in [1.54, 1.807) is 0 Å². The van der Waals surface area contributed by atoms with E-state index in [0.29, 0.717) is 32.1 Å². The highest BCUT2D eigenvalue weighted by atomic mass is 31.2. The molecule has 0 spiro atoms. The van der Waals surface area contributed by atoms with Gasteiger partial charge in [-0.2, -0.15) is 0 Å². The van der Waals surface area contributed by atoms with Crippen molar-refractivity contribution in [2.45, 2.75) is 517 Å². The third-order valence-electron chi connectivity index (χ3n) is 23.3. The first-order valence-corrected chi connectivity index (χ1v) is 48.9. The number of hydrogen-bond donors (Lipinski definition) is 10. The van der Waals surface area contributed by atoms with E-state index in [-0.39, 0.29) is 32.1 Å². The lowest BCUT2D eigenvalue weighted by atomic mass is 9.84. The lowest BCUT2D eigenvalue weighted by Crippen LogP contribution is -2.70. The van der Waals surface area contributed by atoms with Crippen LogP contribution in [0.25, 0.3) is 0 Å². The zero-order valence-corrected chi connectivity index (χ0v) is 74.2. The smallest absolute Gasteiger partial charge is 0.463 e. The molecule has 2 heterocycles. The fourth-order valence-electron chi connectivity index (χ4n) is 15.7. The number of carbonyl (C=O) groups is 4. The van der Waals surface area contributed by atoms with E-state index in [4.69, 9.17) is 46.9 Å². The molecule has 18 unspecified atom stereocenters. The lowest BCUT2D eigenvalue weighted by molar-refractivity contribution is -0.360. The Labute approximate surface area is 705 Å². The van der Waals surface area contributed by atoms with Crippen molar-refractivity contribution in [2.75, 3.05) is 26.4 Å². The van der Waals surface area contributed by atoms with Crippen molar-refractivity contribution in [1.29, 1.82) is 0 Å². The number of phosphoric acid groups is 1. The summed E-state index contributed by atoms with van der Waals surface area (Å²) >= 11 is 0. The van der Waals surface area contributed by atoms with Crippen molar-refractivity contribution in [1.82, 2.24) is 0 Å². The van der Waals surface area contributed by atoms with Crippen LogP contribution in [0.4, 0.5) is 0 Å². The van der Waals surface area contributed by atoms with Gasteiger partial charge in [-0.25, -0.2) is 4.57 Å². The van der Waals surface area contributed by atoms with Crippen molar-refractivity contribution in [3.63, 3.8) is 0 Å². The number of aliphatic hydroxyl groups is 9. The van der Waals surface area contributed by atoms with E-state index >= 15 is 0 Å². The molecule has 0 amide bonds. The molecular formula is C91H169O25P. The quantitative estimate of drug-likeness (QED) is 0.00889. The average Bonchev–Trinajstić information content (AvgIpc) is 0.754. The fraction of sp³-hybridized carbons (Fsp3) is 0.934. The van der Waals surface area contributed by atoms with Gasteiger partial charge >= 0.3 is 31.7 Å². The van der Waals surface area contributed by atoms with E-state index < -0.39 is 162 Å². The molecule has 10 N–H and O–H groups in total. The Balaban J connectivity index is 1.91. The summed E-state index contributed by atoms with van der Waals surface area (Å²) in [6.07, 6.45) is 29.2. The Kier molecular flexibility index (Phi) is 65.3. The molecule has 688 valence electrons. The van der Waals surface area contributed by atoms with E-state index in [2.05, 4.69) is 39.8 Å². The molecule has 18 atom stereocenters. The monoisotopic (exact) mass is 1690 g/mol. The van der Waals surface area contributed by atoms with Gasteiger partial charge in [-0.15, -0.1) is 0 Å². The van der Waals surface area contributed by atoms with Gasteiger partial charge in [0.25, 0.3) is 0 Å². The zero-order valence-electron chi connectivity index (χ0n) is 73.3. The SMILES string of the molecule is CCCCCCCC/C=C\CCCCCC(=O)OC1C(O)C(O)C(OC2OC(CO)C(O)C(O)C2O)C(OP(=O)(O)OCC(COC(=O)CCCCCCCCCCCCCCC)OC(=O)CCCCCCCCCCCCCCCCCC)C1OC1OC(COC(=O)CCCCCCCCCCCCCCCCCC)C(O)C(O)C1O. The van der Waals surface area contributed by atoms with E-state index in [0.717, 1.165) is 122 Å². The minimum absolute atomic E-state index is 0.0175. The number of ether oxygens (including phenoxy) is 8. The van der Waals surface area contributed by atoms with Crippen LogP contribution in [-0.2, 0) is 70.7 Å². The number of carbonyl (C=O) groups excluding carboxylic acids is 4. The van der Waals surface area contributed by atoms with Crippen molar-refractivity contribution in [3.05, 3.63) is 12.2 Å². The molecule has 117 heavy (non-hydrogen) atoms. The largest absolute Gasteiger partial charge is 0.472 e. The molecule has 26 heteroatoms. The van der Waals surface area contributed by atoms with Gasteiger partial charge in [0, 0.05) is 25.7 Å². The average molecular weight is 1690 g/mol. The van der Waals surface area contributed by atoms with Gasteiger partial charge in [0.2, 0.25) is 0 Å². The highest BCUT2D eigenvalue weighted by Gasteiger charge is 2.60. The van der Waals surface area contributed by atoms with Crippen molar-refractivity contribution in [3.8, 4) is 0 Å². The summed E-state index contributed by atoms with van der Waals surface area (Å²) < 4.78 is 73.4. The van der Waals surface area contributed by atoms with Crippen LogP contribution >= 0.6 is 7.82 Å². The zero-order chi connectivity index (χ0) is 85.4. The third-order valence-corrected chi connectivity index (χ3v) is 24.3. The molecule has 0 aromatic heterocycles. The summed E-state index contributed by atoms with van der Waals surface area (Å²) in [7, 11) is -5.81. The number of unbranched alkanes of at least 4 members (excludes halogenated alkanes) is 51. The minimum atomic E-state index is -5.81. The second-order valence-corrected chi connectivity index (χ2v) is 35.3. The number of esters is 4. The molecule has 0 bridgehead atoms. The van der Waals surface area contributed by atoms with Crippen LogP contribution in [-0.4, -0.2) is 205 Å². The van der Waals surface area contributed by atoms with Crippen LogP contribution in [0.5, 0.6) is 0 Å². The first-order chi connectivity index (χ1) is 56.7. The molecule has 0 aromatic carbocycles. The first kappa shape index (κ1) is 108. The minimum Gasteiger partial charge on any atom is -0.463 e. The summed E-state index contributed by atoms with van der Waals surface area (Å²) in [5, 5.41) is 102. The molecule has 3 aliphatic rings. The Hall–Kier alpha value is -2.79. The summed E-state index contributed by atoms with van der Waals surface area (Å²) in [6.45, 7) is 5.61. The molecule has 3 rings (SSSR count). The van der Waals surface area contributed by atoms with E-state index in [1.807, 2.05) is 0 Å². The molecule has 3 fully saturated rings.